The van der Waals surface area contributed by atoms with Crippen molar-refractivity contribution in [3.8, 4) is 0 Å². The van der Waals surface area contributed by atoms with Crippen LogP contribution in [-0.2, 0) is 18.3 Å². The minimum Gasteiger partial charge on any atom is -0.405 e. The normalized spacial score (nSPS) is 20.5. The summed E-state index contributed by atoms with van der Waals surface area (Å²) in [6, 6.07) is 42.4. The molecule has 6 aromatic rings. The second-order valence-electron chi connectivity index (χ2n) is 21.7. The summed E-state index contributed by atoms with van der Waals surface area (Å²) in [6.07, 6.45) is 7.56. The van der Waals surface area contributed by atoms with Crippen molar-refractivity contribution in [3.05, 3.63) is 187 Å². The molecule has 14 heteroatoms. The number of ether oxygens (including phenoxy) is 2. The highest BCUT2D eigenvalue weighted by Crippen LogP contribution is 2.42. The predicted molar refractivity (Wildman–Crippen MR) is 293 cm³/mol. The fraction of sp³-hybridized carbons (Fsp3) is 0.448. The third-order valence-corrected chi connectivity index (χ3v) is 24.7. The topological polar surface area (TPSA) is 147 Å². The Morgan fingerprint density at radius 3 is 1.07 bits per heavy atom. The fourth-order valence-corrected chi connectivity index (χ4v) is 20.3. The highest BCUT2D eigenvalue weighted by molar-refractivity contribution is 7.00. The second-order valence-corrected chi connectivity index (χ2v) is 30.3. The number of aromatic nitrogens is 4. The molecule has 0 bridgehead atoms. The summed E-state index contributed by atoms with van der Waals surface area (Å²) in [7, 11) is -5.39. The third kappa shape index (κ3) is 11.5. The number of aryl methyl sites for hydroxylation is 2. The quantitative estimate of drug-likeness (QED) is 0.0923. The van der Waals surface area contributed by atoms with Gasteiger partial charge < -0.3 is 18.3 Å². The van der Waals surface area contributed by atoms with E-state index in [4.69, 9.17) is 18.3 Å². The van der Waals surface area contributed by atoms with Crippen LogP contribution in [0.15, 0.2) is 153 Å². The molecule has 72 heavy (non-hydrogen) atoms. The van der Waals surface area contributed by atoms with Crippen LogP contribution in [0.25, 0.3) is 0 Å². The zero-order valence-electron chi connectivity index (χ0n) is 44.0. The Kier molecular flexibility index (Phi) is 17.5. The molecule has 2 aromatic heterocycles. The number of H-pyrrole nitrogens is 2. The van der Waals surface area contributed by atoms with Crippen LogP contribution in [0.5, 0.6) is 0 Å². The molecule has 2 aliphatic heterocycles. The van der Waals surface area contributed by atoms with Gasteiger partial charge >= 0.3 is 11.4 Å². The van der Waals surface area contributed by atoms with E-state index in [1.807, 2.05) is 24.3 Å². The van der Waals surface area contributed by atoms with Gasteiger partial charge in [0.05, 0.1) is 25.4 Å². The second kappa shape index (κ2) is 23.2. The van der Waals surface area contributed by atoms with E-state index in [0.717, 1.165) is 25.7 Å². The fourth-order valence-electron chi connectivity index (χ4n) is 11.2. The number of aromatic amines is 2. The summed E-state index contributed by atoms with van der Waals surface area (Å²) in [4.78, 5) is 53.7. The molecule has 6 atom stereocenters. The summed E-state index contributed by atoms with van der Waals surface area (Å²) in [6.45, 7) is 22.3. The minimum absolute atomic E-state index is 0.124. The van der Waals surface area contributed by atoms with Crippen LogP contribution in [0.4, 0.5) is 0 Å². The number of hydrogen-bond acceptors (Lipinski definition) is 8. The van der Waals surface area contributed by atoms with Crippen LogP contribution in [0.2, 0.25) is 10.1 Å². The molecule has 2 saturated heterocycles. The molecule has 2 aliphatic rings. The first-order valence-corrected chi connectivity index (χ1v) is 29.6. The Morgan fingerprint density at radius 1 is 0.514 bits per heavy atom. The van der Waals surface area contributed by atoms with Crippen molar-refractivity contribution in [3.63, 3.8) is 0 Å². The molecule has 2 N–H and O–H groups in total. The van der Waals surface area contributed by atoms with Gasteiger partial charge in [-0.3, -0.25) is 28.7 Å². The molecule has 0 unspecified atom stereocenters. The standard InChI is InChI=1S/2C29H38N2O4Si/c2*1-6-13-22-18-26(31-19-21(2)27(32)30-28(31)33)35-25(22)20-34-36(29(3,4)5,23-14-9-7-10-15-23)24-16-11-8-12-17-24/h2*7-12,14-17,19,22,25-26H,6,13,18,20H2,1-5H3,(H,30,32,33)/t22-,25+,26+;22-,25+,26-/m00/s1. The van der Waals surface area contributed by atoms with Gasteiger partial charge in [-0.25, -0.2) is 9.59 Å². The van der Waals surface area contributed by atoms with E-state index in [2.05, 4.69) is 162 Å². The maximum atomic E-state index is 12.6. The highest BCUT2D eigenvalue weighted by Gasteiger charge is 2.53. The van der Waals surface area contributed by atoms with Gasteiger partial charge in [-0.15, -0.1) is 0 Å². The van der Waals surface area contributed by atoms with Gasteiger partial charge in [0.25, 0.3) is 27.8 Å². The number of nitrogens with one attached hydrogen (secondary N) is 2. The van der Waals surface area contributed by atoms with Crippen molar-refractivity contribution in [1.82, 2.24) is 19.1 Å². The lowest BCUT2D eigenvalue weighted by molar-refractivity contribution is -0.0301. The minimum atomic E-state index is -2.69. The molecule has 384 valence electrons. The molecule has 12 nitrogen and oxygen atoms in total. The molecule has 0 spiro atoms. The van der Waals surface area contributed by atoms with Gasteiger partial charge in [0.2, 0.25) is 0 Å². The molecular weight excluding hydrogens is 937 g/mol. The molecule has 0 amide bonds. The molecule has 0 radical (unpaired) electrons. The maximum absolute atomic E-state index is 12.6. The van der Waals surface area contributed by atoms with Crippen molar-refractivity contribution in [2.45, 2.75) is 143 Å². The maximum Gasteiger partial charge on any atom is 0.330 e. The lowest BCUT2D eigenvalue weighted by Crippen LogP contribution is -2.67. The lowest BCUT2D eigenvalue weighted by Gasteiger charge is -2.43. The first kappa shape index (κ1) is 54.3. The summed E-state index contributed by atoms with van der Waals surface area (Å²) < 4.78 is 30.4. The zero-order chi connectivity index (χ0) is 51.8. The van der Waals surface area contributed by atoms with Crippen molar-refractivity contribution >= 4 is 37.4 Å². The molecule has 0 saturated carbocycles. The SMILES string of the molecule is CCC[C@H]1C[C@@H](n2cc(C)c(=O)[nH]c2=O)O[C@@H]1CO[Si](c1ccccc1)(c1ccccc1)C(C)(C)C.CCC[C@H]1C[C@H](n2cc(C)c(=O)[nH]c2=O)O[C@@H]1CO[Si](c1ccccc1)(c1ccccc1)C(C)(C)C. The van der Waals surface area contributed by atoms with Gasteiger partial charge in [0, 0.05) is 23.5 Å². The van der Waals surface area contributed by atoms with Crippen LogP contribution in [-0.4, -0.2) is 61.2 Å². The number of benzene rings is 4. The van der Waals surface area contributed by atoms with Crippen molar-refractivity contribution < 1.29 is 18.3 Å². The van der Waals surface area contributed by atoms with Crippen molar-refractivity contribution in [2.75, 3.05) is 13.2 Å². The first-order valence-electron chi connectivity index (χ1n) is 25.8. The molecule has 2 fully saturated rings. The van der Waals surface area contributed by atoms with E-state index in [9.17, 15) is 19.2 Å². The predicted octanol–water partition coefficient (Wildman–Crippen LogP) is 8.25. The van der Waals surface area contributed by atoms with Gasteiger partial charge in [0.15, 0.2) is 0 Å². The van der Waals surface area contributed by atoms with E-state index in [0.29, 0.717) is 37.2 Å². The zero-order valence-corrected chi connectivity index (χ0v) is 46.0. The molecule has 4 aromatic carbocycles. The third-order valence-electron chi connectivity index (χ3n) is 14.7. The van der Waals surface area contributed by atoms with Crippen LogP contribution in [0.3, 0.4) is 0 Å². The van der Waals surface area contributed by atoms with Gasteiger partial charge in [-0.2, -0.15) is 0 Å². The highest BCUT2D eigenvalue weighted by atomic mass is 28.4. The van der Waals surface area contributed by atoms with Gasteiger partial charge in [0.1, 0.15) is 12.5 Å². The number of rotatable bonds is 16. The summed E-state index contributed by atoms with van der Waals surface area (Å²) >= 11 is 0. The molecule has 0 aliphatic carbocycles. The Morgan fingerprint density at radius 2 is 0.806 bits per heavy atom. The van der Waals surface area contributed by atoms with Crippen molar-refractivity contribution in [1.29, 1.82) is 0 Å². The van der Waals surface area contributed by atoms with E-state index in [1.54, 1.807) is 26.2 Å². The van der Waals surface area contributed by atoms with E-state index in [1.165, 1.54) is 29.9 Å². The first-order chi connectivity index (χ1) is 34.3. The van der Waals surface area contributed by atoms with E-state index < -0.39 is 40.5 Å². The summed E-state index contributed by atoms with van der Waals surface area (Å²) in [5.41, 5.74) is -0.579. The number of hydrogen-bond donors (Lipinski definition) is 2. The van der Waals surface area contributed by atoms with Crippen LogP contribution < -0.4 is 43.2 Å². The average Bonchev–Trinajstić information content (AvgIpc) is 3.96. The Balaban J connectivity index is 0.000000211. The van der Waals surface area contributed by atoms with Gasteiger partial charge in [-0.05, 0) is 82.2 Å². The van der Waals surface area contributed by atoms with E-state index in [-0.39, 0.29) is 45.2 Å². The van der Waals surface area contributed by atoms with E-state index >= 15 is 0 Å². The van der Waals surface area contributed by atoms with Crippen LogP contribution in [0, 0.1) is 25.7 Å². The van der Waals surface area contributed by atoms with Crippen LogP contribution >= 0.6 is 0 Å². The summed E-state index contributed by atoms with van der Waals surface area (Å²) in [5, 5.41) is 4.69. The Labute approximate surface area is 427 Å². The molecular formula is C58H76N4O8Si2. The Hall–Kier alpha value is -5.49. The Bertz CT molecular complexity index is 2650. The van der Waals surface area contributed by atoms with Gasteiger partial charge in [-0.1, -0.05) is 190 Å². The largest absolute Gasteiger partial charge is 0.405 e. The average molecular weight is 1010 g/mol. The lowest BCUT2D eigenvalue weighted by atomic mass is 9.96. The monoisotopic (exact) mass is 1010 g/mol. The molecule has 4 heterocycles. The summed E-state index contributed by atoms with van der Waals surface area (Å²) in [5.74, 6) is 0.523. The number of nitrogens with zero attached hydrogens (tertiary/aromatic N) is 2. The van der Waals surface area contributed by atoms with Crippen molar-refractivity contribution in [2.24, 2.45) is 11.8 Å². The molecule has 8 rings (SSSR count). The smallest absolute Gasteiger partial charge is 0.330 e. The van der Waals surface area contributed by atoms with Crippen LogP contribution in [0.1, 0.15) is 117 Å².